The van der Waals surface area contributed by atoms with Crippen LogP contribution in [0.25, 0.3) is 5.65 Å². The van der Waals surface area contributed by atoms with Crippen LogP contribution in [0.2, 0.25) is 0 Å². The Labute approximate surface area is 192 Å². The second-order valence-electron chi connectivity index (χ2n) is 8.54. The molecule has 1 atom stereocenters. The molecule has 0 N–H and O–H groups in total. The molecule has 5 rings (SSSR count). The van der Waals surface area contributed by atoms with Crippen LogP contribution in [0.5, 0.6) is 5.75 Å². The predicted molar refractivity (Wildman–Crippen MR) is 122 cm³/mol. The number of pyridine rings is 1. The number of ether oxygens (including phenoxy) is 2. The molecule has 0 saturated carbocycles. The van der Waals surface area contributed by atoms with Crippen LogP contribution in [0.15, 0.2) is 54.9 Å². The molecule has 2 aromatic heterocycles. The predicted octanol–water partition coefficient (Wildman–Crippen LogP) is 2.62. The van der Waals surface area contributed by atoms with Crippen LogP contribution in [-0.2, 0) is 16.1 Å². The molecule has 2 saturated heterocycles. The standard InChI is InChI=1S/C25H28N4O4/c30-24(29-10-4-6-20(16-29)25(31)27-11-13-32-14-12-27)19-5-3-7-22(15-19)33-18-21-17-28-9-2-1-8-23(28)26-21/h1-3,5,7-9,15,17,20H,4,6,10-14,16,18H2. The topological polar surface area (TPSA) is 76.4 Å². The first-order valence-corrected chi connectivity index (χ1v) is 11.5. The van der Waals surface area contributed by atoms with Crippen molar-refractivity contribution in [3.05, 3.63) is 66.1 Å². The summed E-state index contributed by atoms with van der Waals surface area (Å²) >= 11 is 0. The van der Waals surface area contributed by atoms with Crippen molar-refractivity contribution in [1.82, 2.24) is 19.2 Å². The normalized spacial score (nSPS) is 19.0. The van der Waals surface area contributed by atoms with Crippen LogP contribution < -0.4 is 4.74 Å². The second-order valence-corrected chi connectivity index (χ2v) is 8.54. The first kappa shape index (κ1) is 21.5. The molecular weight excluding hydrogens is 420 g/mol. The molecule has 1 aromatic carbocycles. The number of hydrogen-bond acceptors (Lipinski definition) is 5. The van der Waals surface area contributed by atoms with E-state index >= 15 is 0 Å². The van der Waals surface area contributed by atoms with E-state index in [2.05, 4.69) is 4.98 Å². The molecule has 2 fully saturated rings. The molecule has 0 bridgehead atoms. The van der Waals surface area contributed by atoms with E-state index in [9.17, 15) is 9.59 Å². The number of imidazole rings is 1. The molecule has 8 heteroatoms. The van der Waals surface area contributed by atoms with Gasteiger partial charge in [-0.3, -0.25) is 9.59 Å². The van der Waals surface area contributed by atoms with Crippen molar-refractivity contribution >= 4 is 17.5 Å². The minimum Gasteiger partial charge on any atom is -0.487 e. The van der Waals surface area contributed by atoms with Gasteiger partial charge in [0.05, 0.1) is 24.8 Å². The zero-order valence-corrected chi connectivity index (χ0v) is 18.6. The van der Waals surface area contributed by atoms with E-state index in [1.54, 1.807) is 17.0 Å². The fourth-order valence-electron chi connectivity index (χ4n) is 4.52. The lowest BCUT2D eigenvalue weighted by Crippen LogP contribution is -2.49. The average molecular weight is 449 g/mol. The number of benzene rings is 1. The van der Waals surface area contributed by atoms with E-state index < -0.39 is 0 Å². The highest BCUT2D eigenvalue weighted by molar-refractivity contribution is 5.95. The molecule has 0 radical (unpaired) electrons. The number of aromatic nitrogens is 2. The average Bonchev–Trinajstić information content (AvgIpc) is 3.30. The number of fused-ring (bicyclic) bond motifs is 1. The molecule has 0 spiro atoms. The van der Waals surface area contributed by atoms with Crippen LogP contribution >= 0.6 is 0 Å². The van der Waals surface area contributed by atoms with Gasteiger partial charge in [-0.15, -0.1) is 0 Å². The van der Waals surface area contributed by atoms with Crippen molar-refractivity contribution in [2.75, 3.05) is 39.4 Å². The summed E-state index contributed by atoms with van der Waals surface area (Å²) in [5.41, 5.74) is 2.26. The fourth-order valence-corrected chi connectivity index (χ4v) is 4.52. The van der Waals surface area contributed by atoms with Gasteiger partial charge in [0.1, 0.15) is 18.0 Å². The van der Waals surface area contributed by atoms with Crippen molar-refractivity contribution < 1.29 is 19.1 Å². The zero-order valence-electron chi connectivity index (χ0n) is 18.6. The second kappa shape index (κ2) is 9.62. The molecule has 2 aliphatic heterocycles. The third-order valence-corrected chi connectivity index (χ3v) is 6.26. The summed E-state index contributed by atoms with van der Waals surface area (Å²) in [6.07, 6.45) is 5.53. The molecule has 172 valence electrons. The molecule has 0 aliphatic carbocycles. The Morgan fingerprint density at radius 3 is 2.79 bits per heavy atom. The molecule has 2 amide bonds. The molecule has 3 aromatic rings. The molecule has 33 heavy (non-hydrogen) atoms. The molecular formula is C25H28N4O4. The van der Waals surface area contributed by atoms with Gasteiger partial charge < -0.3 is 23.7 Å². The summed E-state index contributed by atoms with van der Waals surface area (Å²) in [4.78, 5) is 34.3. The lowest BCUT2D eigenvalue weighted by molar-refractivity contribution is -0.141. The Morgan fingerprint density at radius 2 is 1.94 bits per heavy atom. The van der Waals surface area contributed by atoms with E-state index in [4.69, 9.17) is 9.47 Å². The van der Waals surface area contributed by atoms with E-state index in [1.165, 1.54) is 0 Å². The van der Waals surface area contributed by atoms with Gasteiger partial charge in [-0.2, -0.15) is 0 Å². The van der Waals surface area contributed by atoms with Crippen molar-refractivity contribution in [3.8, 4) is 5.75 Å². The van der Waals surface area contributed by atoms with Gasteiger partial charge in [0.2, 0.25) is 5.91 Å². The minimum atomic E-state index is -0.143. The van der Waals surface area contributed by atoms with Crippen LogP contribution in [-0.4, -0.2) is 70.4 Å². The van der Waals surface area contributed by atoms with Crippen LogP contribution in [0.1, 0.15) is 28.9 Å². The van der Waals surface area contributed by atoms with Gasteiger partial charge in [-0.1, -0.05) is 12.1 Å². The molecule has 2 aliphatic rings. The highest BCUT2D eigenvalue weighted by Crippen LogP contribution is 2.23. The maximum atomic E-state index is 13.2. The highest BCUT2D eigenvalue weighted by Gasteiger charge is 2.32. The van der Waals surface area contributed by atoms with Gasteiger partial charge in [0, 0.05) is 44.1 Å². The summed E-state index contributed by atoms with van der Waals surface area (Å²) in [6.45, 7) is 3.88. The molecule has 4 heterocycles. The largest absolute Gasteiger partial charge is 0.487 e. The number of nitrogens with zero attached hydrogens (tertiary/aromatic N) is 4. The van der Waals surface area contributed by atoms with Gasteiger partial charge >= 0.3 is 0 Å². The Morgan fingerprint density at radius 1 is 1.06 bits per heavy atom. The maximum Gasteiger partial charge on any atom is 0.254 e. The van der Waals surface area contributed by atoms with Crippen molar-refractivity contribution in [1.29, 1.82) is 0 Å². The van der Waals surface area contributed by atoms with Gasteiger partial charge in [0.15, 0.2) is 0 Å². The summed E-state index contributed by atoms with van der Waals surface area (Å²) in [5.74, 6) is 0.555. The Hall–Kier alpha value is -3.39. The van der Waals surface area contributed by atoms with E-state index in [1.807, 2.05) is 52.0 Å². The molecule has 8 nitrogen and oxygen atoms in total. The van der Waals surface area contributed by atoms with Crippen molar-refractivity contribution in [2.45, 2.75) is 19.4 Å². The van der Waals surface area contributed by atoms with Crippen molar-refractivity contribution in [3.63, 3.8) is 0 Å². The van der Waals surface area contributed by atoms with Gasteiger partial charge in [-0.05, 0) is 43.2 Å². The van der Waals surface area contributed by atoms with Gasteiger partial charge in [-0.25, -0.2) is 4.98 Å². The van der Waals surface area contributed by atoms with Crippen LogP contribution in [0, 0.1) is 5.92 Å². The van der Waals surface area contributed by atoms with Crippen molar-refractivity contribution in [2.24, 2.45) is 5.92 Å². The maximum absolute atomic E-state index is 13.2. The van der Waals surface area contributed by atoms with E-state index in [-0.39, 0.29) is 17.7 Å². The summed E-state index contributed by atoms with van der Waals surface area (Å²) < 4.78 is 13.2. The number of carbonyl (C=O) groups excluding carboxylic acids is 2. The van der Waals surface area contributed by atoms with Crippen LogP contribution in [0.4, 0.5) is 0 Å². The van der Waals surface area contributed by atoms with E-state index in [0.29, 0.717) is 57.3 Å². The number of carbonyl (C=O) groups is 2. The Kier molecular flexibility index (Phi) is 6.26. The minimum absolute atomic E-state index is 0.0624. The molecule has 1 unspecified atom stereocenters. The quantitative estimate of drug-likeness (QED) is 0.600. The SMILES string of the molecule is O=C(c1cccc(OCc2cn3ccccc3n2)c1)N1CCCC(C(=O)N2CCOCC2)C1. The summed E-state index contributed by atoms with van der Waals surface area (Å²) in [7, 11) is 0. The fraction of sp³-hybridized carbons (Fsp3) is 0.400. The lowest BCUT2D eigenvalue weighted by atomic mass is 9.95. The Balaban J connectivity index is 1.22. The van der Waals surface area contributed by atoms with Crippen LogP contribution in [0.3, 0.4) is 0 Å². The summed E-state index contributed by atoms with van der Waals surface area (Å²) in [5, 5.41) is 0. The number of hydrogen-bond donors (Lipinski definition) is 0. The summed E-state index contributed by atoms with van der Waals surface area (Å²) in [6, 6.07) is 13.1. The number of likely N-dealkylation sites (tertiary alicyclic amines) is 1. The highest BCUT2D eigenvalue weighted by atomic mass is 16.5. The first-order valence-electron chi connectivity index (χ1n) is 11.5. The third kappa shape index (κ3) is 4.85. The Bertz CT molecular complexity index is 1110. The van der Waals surface area contributed by atoms with E-state index in [0.717, 1.165) is 24.2 Å². The lowest BCUT2D eigenvalue weighted by Gasteiger charge is -2.36. The first-order chi connectivity index (χ1) is 16.2. The third-order valence-electron chi connectivity index (χ3n) is 6.26. The number of morpholine rings is 1. The smallest absolute Gasteiger partial charge is 0.254 e. The zero-order chi connectivity index (χ0) is 22.6. The number of rotatable bonds is 5. The van der Waals surface area contributed by atoms with Gasteiger partial charge in [0.25, 0.3) is 5.91 Å². The number of amides is 2. The monoisotopic (exact) mass is 448 g/mol. The number of piperidine rings is 1.